The van der Waals surface area contributed by atoms with Gasteiger partial charge < -0.3 is 5.32 Å². The van der Waals surface area contributed by atoms with E-state index in [-0.39, 0.29) is 0 Å². The number of hydrogen-bond acceptors (Lipinski definition) is 4. The summed E-state index contributed by atoms with van der Waals surface area (Å²) in [7, 11) is 0. The maximum atomic E-state index is 4.54. The van der Waals surface area contributed by atoms with Gasteiger partial charge in [-0.25, -0.2) is 4.98 Å². The molecule has 1 aromatic rings. The molecule has 0 unspecified atom stereocenters. The Morgan fingerprint density at radius 2 is 2.19 bits per heavy atom. The molecule has 0 aliphatic carbocycles. The summed E-state index contributed by atoms with van der Waals surface area (Å²) >= 11 is 3.84. The molecule has 1 N–H and O–H groups in total. The van der Waals surface area contributed by atoms with Gasteiger partial charge in [0.1, 0.15) is 0 Å². The molecule has 4 heteroatoms. The van der Waals surface area contributed by atoms with Gasteiger partial charge in [0.2, 0.25) is 0 Å². The summed E-state index contributed by atoms with van der Waals surface area (Å²) in [6.07, 6.45) is 1.05. The third-order valence-corrected chi connectivity index (χ3v) is 4.87. The number of hydrogen-bond donors (Lipinski definition) is 1. The second-order valence-corrected chi connectivity index (χ2v) is 6.40. The van der Waals surface area contributed by atoms with Crippen molar-refractivity contribution in [3.8, 4) is 0 Å². The maximum Gasteiger partial charge on any atom is 0.0928 e. The van der Waals surface area contributed by atoms with Crippen LogP contribution in [0, 0.1) is 6.92 Å². The normalized spacial score (nSPS) is 13.0. The van der Waals surface area contributed by atoms with E-state index in [1.807, 2.05) is 23.1 Å². The molecule has 0 aliphatic rings. The first kappa shape index (κ1) is 14.0. The largest absolute Gasteiger partial charge is 0.308 e. The molecule has 0 radical (unpaired) electrons. The van der Waals surface area contributed by atoms with Crippen molar-refractivity contribution < 1.29 is 0 Å². The third-order valence-electron chi connectivity index (χ3n) is 2.42. The van der Waals surface area contributed by atoms with E-state index in [4.69, 9.17) is 0 Å². The molecule has 0 amide bonds. The van der Waals surface area contributed by atoms with Crippen molar-refractivity contribution >= 4 is 23.1 Å². The Morgan fingerprint density at radius 1 is 1.44 bits per heavy atom. The van der Waals surface area contributed by atoms with E-state index in [1.54, 1.807) is 0 Å². The minimum Gasteiger partial charge on any atom is -0.308 e. The fourth-order valence-electron chi connectivity index (χ4n) is 1.42. The summed E-state index contributed by atoms with van der Waals surface area (Å²) in [6.45, 7) is 9.70. The van der Waals surface area contributed by atoms with E-state index in [0.29, 0.717) is 6.04 Å². The zero-order chi connectivity index (χ0) is 12.0. The molecule has 0 aliphatic heterocycles. The lowest BCUT2D eigenvalue weighted by molar-refractivity contribution is 0.598. The Kier molecular flexibility index (Phi) is 6.39. The van der Waals surface area contributed by atoms with Crippen LogP contribution in [0.5, 0.6) is 0 Å². The summed E-state index contributed by atoms with van der Waals surface area (Å²) in [6, 6.07) is 0.580. The van der Waals surface area contributed by atoms with Gasteiger partial charge in [-0.2, -0.15) is 11.8 Å². The Morgan fingerprint density at radius 3 is 2.75 bits per heavy atom. The number of nitrogens with one attached hydrogen (secondary N) is 1. The van der Waals surface area contributed by atoms with Gasteiger partial charge in [0.05, 0.1) is 10.7 Å². The van der Waals surface area contributed by atoms with Crippen LogP contribution in [0.2, 0.25) is 0 Å². The summed E-state index contributed by atoms with van der Waals surface area (Å²) < 4.78 is 0. The highest BCUT2D eigenvalue weighted by Gasteiger charge is 2.07. The Balaban J connectivity index is 2.38. The standard InChI is InChI=1S/C12H22N2S2/c1-5-12-14-10(4)11(16-12)7-13-9(3)8-15-6-2/h9,13H,5-8H2,1-4H3/t9-/m0/s1. The Hall–Kier alpha value is -0.0600. The molecule has 92 valence electrons. The fraction of sp³-hybridized carbons (Fsp3) is 0.750. The number of rotatable bonds is 7. The molecule has 1 atom stereocenters. The van der Waals surface area contributed by atoms with Crippen molar-refractivity contribution in [2.24, 2.45) is 0 Å². The second kappa shape index (κ2) is 7.30. The quantitative estimate of drug-likeness (QED) is 0.812. The van der Waals surface area contributed by atoms with Crippen LogP contribution in [0.25, 0.3) is 0 Å². The number of nitrogens with zero attached hydrogens (tertiary/aromatic N) is 1. The Bertz CT molecular complexity index is 310. The average molecular weight is 258 g/mol. The van der Waals surface area contributed by atoms with Gasteiger partial charge in [0, 0.05) is 23.2 Å². The molecule has 0 bridgehead atoms. The second-order valence-electron chi connectivity index (χ2n) is 3.91. The predicted octanol–water partition coefficient (Wildman–Crippen LogP) is 3.25. The lowest BCUT2D eigenvalue weighted by Gasteiger charge is -2.12. The van der Waals surface area contributed by atoms with Gasteiger partial charge in [-0.3, -0.25) is 0 Å². The molecular formula is C12H22N2S2. The molecule has 16 heavy (non-hydrogen) atoms. The number of aryl methyl sites for hydroxylation is 2. The van der Waals surface area contributed by atoms with E-state index < -0.39 is 0 Å². The molecule has 0 aromatic carbocycles. The summed E-state index contributed by atoms with van der Waals surface area (Å²) in [5.41, 5.74) is 1.20. The van der Waals surface area contributed by atoms with Gasteiger partial charge in [-0.05, 0) is 26.0 Å². The molecule has 1 aromatic heterocycles. The number of aromatic nitrogens is 1. The average Bonchev–Trinajstić information content (AvgIpc) is 2.64. The van der Waals surface area contributed by atoms with Crippen LogP contribution in [0.1, 0.15) is 36.3 Å². The molecular weight excluding hydrogens is 236 g/mol. The van der Waals surface area contributed by atoms with Crippen LogP contribution in [-0.2, 0) is 13.0 Å². The molecule has 0 spiro atoms. The predicted molar refractivity (Wildman–Crippen MR) is 75.5 cm³/mol. The molecule has 0 saturated carbocycles. The SMILES string of the molecule is CCSC[C@H](C)NCc1sc(CC)nc1C. The highest BCUT2D eigenvalue weighted by Crippen LogP contribution is 2.18. The van der Waals surface area contributed by atoms with Crippen LogP contribution in [0.3, 0.4) is 0 Å². The summed E-state index contributed by atoms with van der Waals surface area (Å²) in [4.78, 5) is 5.94. The van der Waals surface area contributed by atoms with Crippen molar-refractivity contribution in [2.45, 2.75) is 46.7 Å². The van der Waals surface area contributed by atoms with Crippen molar-refractivity contribution in [3.05, 3.63) is 15.6 Å². The molecule has 1 heterocycles. The van der Waals surface area contributed by atoms with Gasteiger partial charge in [0.25, 0.3) is 0 Å². The molecule has 2 nitrogen and oxygen atoms in total. The monoisotopic (exact) mass is 258 g/mol. The van der Waals surface area contributed by atoms with E-state index >= 15 is 0 Å². The Labute approximate surface area is 107 Å². The van der Waals surface area contributed by atoms with Gasteiger partial charge in [-0.1, -0.05) is 13.8 Å². The number of thioether (sulfide) groups is 1. The van der Waals surface area contributed by atoms with Gasteiger partial charge in [0.15, 0.2) is 0 Å². The number of thiazole rings is 1. The highest BCUT2D eigenvalue weighted by molar-refractivity contribution is 7.99. The van der Waals surface area contributed by atoms with Crippen LogP contribution in [-0.4, -0.2) is 22.5 Å². The van der Waals surface area contributed by atoms with Crippen molar-refractivity contribution in [2.75, 3.05) is 11.5 Å². The van der Waals surface area contributed by atoms with Crippen LogP contribution in [0.15, 0.2) is 0 Å². The van der Waals surface area contributed by atoms with E-state index in [9.17, 15) is 0 Å². The fourth-order valence-corrected chi connectivity index (χ4v) is 3.09. The minimum atomic E-state index is 0.580. The first-order valence-corrected chi connectivity index (χ1v) is 7.90. The van der Waals surface area contributed by atoms with E-state index in [1.165, 1.54) is 27.1 Å². The first-order valence-electron chi connectivity index (χ1n) is 5.93. The van der Waals surface area contributed by atoms with E-state index in [0.717, 1.165) is 13.0 Å². The minimum absolute atomic E-state index is 0.580. The topological polar surface area (TPSA) is 24.9 Å². The smallest absolute Gasteiger partial charge is 0.0928 e. The van der Waals surface area contributed by atoms with Gasteiger partial charge >= 0.3 is 0 Å². The van der Waals surface area contributed by atoms with Crippen LogP contribution >= 0.6 is 23.1 Å². The van der Waals surface area contributed by atoms with Crippen molar-refractivity contribution in [1.29, 1.82) is 0 Å². The zero-order valence-corrected chi connectivity index (χ0v) is 12.3. The van der Waals surface area contributed by atoms with Gasteiger partial charge in [-0.15, -0.1) is 11.3 Å². The zero-order valence-electron chi connectivity index (χ0n) is 10.7. The lowest BCUT2D eigenvalue weighted by atomic mass is 10.3. The van der Waals surface area contributed by atoms with Crippen molar-refractivity contribution in [1.82, 2.24) is 10.3 Å². The molecule has 1 rings (SSSR count). The summed E-state index contributed by atoms with van der Waals surface area (Å²) in [5, 5.41) is 4.82. The van der Waals surface area contributed by atoms with Crippen LogP contribution in [0.4, 0.5) is 0 Å². The van der Waals surface area contributed by atoms with Crippen molar-refractivity contribution in [3.63, 3.8) is 0 Å². The highest BCUT2D eigenvalue weighted by atomic mass is 32.2. The van der Waals surface area contributed by atoms with E-state index in [2.05, 4.69) is 38.0 Å². The first-order chi connectivity index (χ1) is 7.67. The molecule has 0 saturated heterocycles. The lowest BCUT2D eigenvalue weighted by Crippen LogP contribution is -2.27. The molecule has 0 fully saturated rings. The maximum absolute atomic E-state index is 4.54. The summed E-state index contributed by atoms with van der Waals surface area (Å²) in [5.74, 6) is 2.39. The third kappa shape index (κ3) is 4.44. The van der Waals surface area contributed by atoms with Crippen LogP contribution < -0.4 is 5.32 Å².